The zero-order valence-electron chi connectivity index (χ0n) is 16.1. The Labute approximate surface area is 160 Å². The van der Waals surface area contributed by atoms with Crippen LogP contribution in [0.1, 0.15) is 28.4 Å². The van der Waals surface area contributed by atoms with Crippen LogP contribution in [0, 0.1) is 0 Å². The predicted octanol–water partition coefficient (Wildman–Crippen LogP) is 2.46. The Morgan fingerprint density at radius 1 is 1.22 bits per heavy atom. The minimum Gasteiger partial charge on any atom is -0.364 e. The van der Waals surface area contributed by atoms with Crippen molar-refractivity contribution in [1.82, 2.24) is 10.2 Å². The number of amides is 2. The molecule has 0 saturated carbocycles. The Kier molecular flexibility index (Phi) is 5.76. The summed E-state index contributed by atoms with van der Waals surface area (Å²) >= 11 is 0. The van der Waals surface area contributed by atoms with Crippen molar-refractivity contribution in [2.75, 3.05) is 37.4 Å². The average molecular weight is 366 g/mol. The van der Waals surface area contributed by atoms with Crippen molar-refractivity contribution in [3.63, 3.8) is 0 Å². The fraction of sp³-hybridized carbons (Fsp3) is 0.333. The Hall–Kier alpha value is -2.86. The molecule has 0 aromatic heterocycles. The predicted molar refractivity (Wildman–Crippen MR) is 108 cm³/mol. The van der Waals surface area contributed by atoms with Gasteiger partial charge in [0.05, 0.1) is 17.9 Å². The molecule has 2 aromatic carbocycles. The van der Waals surface area contributed by atoms with Crippen LogP contribution in [-0.2, 0) is 17.9 Å². The second kappa shape index (κ2) is 8.22. The van der Waals surface area contributed by atoms with Crippen LogP contribution >= 0.6 is 0 Å². The second-order valence-corrected chi connectivity index (χ2v) is 6.97. The smallest absolute Gasteiger partial charge is 0.251 e. The minimum atomic E-state index is -0.156. The zero-order valence-corrected chi connectivity index (χ0v) is 16.1. The van der Waals surface area contributed by atoms with Gasteiger partial charge in [0.1, 0.15) is 0 Å². The van der Waals surface area contributed by atoms with Crippen molar-refractivity contribution < 1.29 is 9.59 Å². The lowest BCUT2D eigenvalue weighted by atomic mass is 10.1. The quantitative estimate of drug-likeness (QED) is 0.824. The highest BCUT2D eigenvalue weighted by Gasteiger charge is 2.20. The molecular formula is C21H26N4O2. The van der Waals surface area contributed by atoms with E-state index in [0.717, 1.165) is 24.3 Å². The third kappa shape index (κ3) is 4.65. The largest absolute Gasteiger partial charge is 0.364 e. The van der Waals surface area contributed by atoms with Gasteiger partial charge in [0, 0.05) is 25.7 Å². The SMILES string of the molecule is CCN(C)Cc1cccc(CNC(=O)c2ccc3c(c2)NC(=O)CN3C)c1. The summed E-state index contributed by atoms with van der Waals surface area (Å²) < 4.78 is 0. The van der Waals surface area contributed by atoms with E-state index in [2.05, 4.69) is 41.6 Å². The van der Waals surface area contributed by atoms with E-state index in [0.29, 0.717) is 24.3 Å². The van der Waals surface area contributed by atoms with Crippen LogP contribution in [0.4, 0.5) is 11.4 Å². The lowest BCUT2D eigenvalue weighted by Gasteiger charge is -2.27. The summed E-state index contributed by atoms with van der Waals surface area (Å²) in [4.78, 5) is 28.3. The van der Waals surface area contributed by atoms with Crippen molar-refractivity contribution in [3.05, 3.63) is 59.2 Å². The van der Waals surface area contributed by atoms with Gasteiger partial charge in [-0.25, -0.2) is 0 Å². The zero-order chi connectivity index (χ0) is 19.4. The molecule has 2 aromatic rings. The third-order valence-electron chi connectivity index (χ3n) is 4.76. The topological polar surface area (TPSA) is 64.7 Å². The lowest BCUT2D eigenvalue weighted by Crippen LogP contribution is -2.35. The number of rotatable bonds is 6. The highest BCUT2D eigenvalue weighted by molar-refractivity contribution is 6.03. The average Bonchev–Trinajstić information content (AvgIpc) is 2.65. The van der Waals surface area contributed by atoms with Crippen LogP contribution in [0.2, 0.25) is 0 Å². The Bertz CT molecular complexity index is 850. The molecule has 142 valence electrons. The molecule has 0 radical (unpaired) electrons. The van der Waals surface area contributed by atoms with E-state index < -0.39 is 0 Å². The molecule has 1 heterocycles. The number of carbonyl (C=O) groups excluding carboxylic acids is 2. The molecule has 2 amide bonds. The minimum absolute atomic E-state index is 0.0728. The van der Waals surface area contributed by atoms with Gasteiger partial charge in [-0.15, -0.1) is 0 Å². The molecule has 0 saturated heterocycles. The van der Waals surface area contributed by atoms with Crippen LogP contribution in [0.25, 0.3) is 0 Å². The van der Waals surface area contributed by atoms with E-state index in [4.69, 9.17) is 0 Å². The highest BCUT2D eigenvalue weighted by atomic mass is 16.2. The van der Waals surface area contributed by atoms with Gasteiger partial charge in [-0.05, 0) is 42.9 Å². The van der Waals surface area contributed by atoms with Gasteiger partial charge < -0.3 is 20.4 Å². The molecule has 0 aliphatic carbocycles. The summed E-state index contributed by atoms with van der Waals surface area (Å²) in [5.41, 5.74) is 4.41. The van der Waals surface area contributed by atoms with Crippen molar-refractivity contribution >= 4 is 23.2 Å². The first-order valence-corrected chi connectivity index (χ1v) is 9.16. The molecule has 6 heteroatoms. The summed E-state index contributed by atoms with van der Waals surface area (Å²) in [5, 5.41) is 5.79. The fourth-order valence-electron chi connectivity index (χ4n) is 3.15. The molecule has 6 nitrogen and oxygen atoms in total. The van der Waals surface area contributed by atoms with E-state index in [1.54, 1.807) is 12.1 Å². The van der Waals surface area contributed by atoms with Gasteiger partial charge in [-0.3, -0.25) is 9.59 Å². The lowest BCUT2D eigenvalue weighted by molar-refractivity contribution is -0.115. The number of fused-ring (bicyclic) bond motifs is 1. The molecule has 3 rings (SSSR count). The number of nitrogens with one attached hydrogen (secondary N) is 2. The van der Waals surface area contributed by atoms with Crippen LogP contribution < -0.4 is 15.5 Å². The van der Waals surface area contributed by atoms with E-state index >= 15 is 0 Å². The van der Waals surface area contributed by atoms with Gasteiger partial charge >= 0.3 is 0 Å². The monoisotopic (exact) mass is 366 g/mol. The van der Waals surface area contributed by atoms with Crippen LogP contribution in [0.5, 0.6) is 0 Å². The van der Waals surface area contributed by atoms with Crippen LogP contribution in [0.3, 0.4) is 0 Å². The van der Waals surface area contributed by atoms with Gasteiger partial charge in [-0.1, -0.05) is 31.2 Å². The van der Waals surface area contributed by atoms with Crippen LogP contribution in [-0.4, -0.2) is 43.9 Å². The molecule has 0 atom stereocenters. The van der Waals surface area contributed by atoms with E-state index in [1.165, 1.54) is 5.56 Å². The van der Waals surface area contributed by atoms with Crippen molar-refractivity contribution in [2.45, 2.75) is 20.0 Å². The second-order valence-electron chi connectivity index (χ2n) is 6.97. The number of carbonyl (C=O) groups is 2. The molecule has 2 N–H and O–H groups in total. The van der Waals surface area contributed by atoms with Crippen molar-refractivity contribution in [1.29, 1.82) is 0 Å². The Balaban J connectivity index is 1.65. The van der Waals surface area contributed by atoms with E-state index in [9.17, 15) is 9.59 Å². The van der Waals surface area contributed by atoms with Gasteiger partial charge in [0.15, 0.2) is 0 Å². The maximum atomic E-state index is 12.5. The maximum absolute atomic E-state index is 12.5. The summed E-state index contributed by atoms with van der Waals surface area (Å²) in [5.74, 6) is -0.229. The molecule has 0 unspecified atom stereocenters. The van der Waals surface area contributed by atoms with E-state index in [1.807, 2.05) is 30.1 Å². The standard InChI is InChI=1S/C21H26N4O2/c1-4-24(2)13-16-7-5-6-15(10-16)12-22-21(27)17-8-9-19-18(11-17)23-20(26)14-25(19)3/h5-11H,4,12-14H2,1-3H3,(H,22,27)(H,23,26). The van der Waals surface area contributed by atoms with Gasteiger partial charge in [-0.2, -0.15) is 0 Å². The first-order chi connectivity index (χ1) is 13.0. The number of hydrogen-bond acceptors (Lipinski definition) is 4. The van der Waals surface area contributed by atoms with Crippen molar-refractivity contribution in [2.24, 2.45) is 0 Å². The fourth-order valence-corrected chi connectivity index (χ4v) is 3.15. The summed E-state index contributed by atoms with van der Waals surface area (Å²) in [6, 6.07) is 13.6. The first-order valence-electron chi connectivity index (χ1n) is 9.16. The van der Waals surface area contributed by atoms with E-state index in [-0.39, 0.29) is 11.8 Å². The van der Waals surface area contributed by atoms with Crippen LogP contribution in [0.15, 0.2) is 42.5 Å². The summed E-state index contributed by atoms with van der Waals surface area (Å²) in [7, 11) is 3.95. The molecule has 27 heavy (non-hydrogen) atoms. The molecule has 0 spiro atoms. The number of anilines is 2. The molecular weight excluding hydrogens is 340 g/mol. The maximum Gasteiger partial charge on any atom is 0.251 e. The number of hydrogen-bond donors (Lipinski definition) is 2. The number of nitrogens with zero attached hydrogens (tertiary/aromatic N) is 2. The van der Waals surface area contributed by atoms with Crippen molar-refractivity contribution in [3.8, 4) is 0 Å². The molecule has 1 aliphatic heterocycles. The highest BCUT2D eigenvalue weighted by Crippen LogP contribution is 2.29. The normalized spacial score (nSPS) is 13.3. The summed E-state index contributed by atoms with van der Waals surface area (Å²) in [6.45, 7) is 4.79. The third-order valence-corrected chi connectivity index (χ3v) is 4.76. The Morgan fingerprint density at radius 3 is 2.78 bits per heavy atom. The summed E-state index contributed by atoms with van der Waals surface area (Å²) in [6.07, 6.45) is 0. The Morgan fingerprint density at radius 2 is 2.00 bits per heavy atom. The number of likely N-dealkylation sites (N-methyl/N-ethyl adjacent to an activating group) is 1. The molecule has 1 aliphatic rings. The van der Waals surface area contributed by atoms with Gasteiger partial charge in [0.2, 0.25) is 5.91 Å². The molecule has 0 fully saturated rings. The molecule has 0 bridgehead atoms. The van der Waals surface area contributed by atoms with Gasteiger partial charge in [0.25, 0.3) is 5.91 Å². The number of benzene rings is 2. The first kappa shape index (κ1) is 18.9.